The lowest BCUT2D eigenvalue weighted by atomic mass is 9.45. The van der Waals surface area contributed by atoms with Crippen molar-refractivity contribution in [3.05, 3.63) is 46.5 Å². The van der Waals surface area contributed by atoms with E-state index in [1.54, 1.807) is 12.4 Å². The van der Waals surface area contributed by atoms with Gasteiger partial charge >= 0.3 is 0 Å². The molecule has 2 N–H and O–H groups in total. The third-order valence-corrected chi connectivity index (χ3v) is 7.47. The minimum absolute atomic E-state index is 0.164. The number of anilines is 1. The van der Waals surface area contributed by atoms with Gasteiger partial charge in [0.2, 0.25) is 5.91 Å². The number of carbonyl (C=O) groups is 1. The monoisotopic (exact) mass is 439 g/mol. The van der Waals surface area contributed by atoms with Crippen molar-refractivity contribution >= 4 is 11.6 Å². The van der Waals surface area contributed by atoms with Crippen molar-refractivity contribution in [1.29, 1.82) is 0 Å². The molecule has 5 rings (SSSR count). The number of aromatic nitrogens is 3. The molecule has 3 saturated carbocycles. The Morgan fingerprint density at radius 1 is 1.28 bits per heavy atom. The van der Waals surface area contributed by atoms with Gasteiger partial charge in [-0.3, -0.25) is 14.6 Å². The van der Waals surface area contributed by atoms with Crippen molar-refractivity contribution in [2.75, 3.05) is 11.9 Å². The van der Waals surface area contributed by atoms with Crippen LogP contribution in [0.4, 0.5) is 5.69 Å². The number of nitrogens with zero attached hydrogens (tertiary/aromatic N) is 3. The van der Waals surface area contributed by atoms with Crippen LogP contribution in [0.5, 0.6) is 5.88 Å². The minimum Gasteiger partial charge on any atom is -0.475 e. The van der Waals surface area contributed by atoms with Crippen LogP contribution in [0.1, 0.15) is 46.1 Å². The van der Waals surface area contributed by atoms with Crippen molar-refractivity contribution in [3.63, 3.8) is 0 Å². The number of pyridine rings is 1. The second-order valence-electron chi connectivity index (χ2n) is 9.63. The summed E-state index contributed by atoms with van der Waals surface area (Å²) in [5.41, 5.74) is 1.61. The Bertz CT molecular complexity index is 1020. The van der Waals surface area contributed by atoms with Gasteiger partial charge < -0.3 is 15.4 Å². The van der Waals surface area contributed by atoms with Crippen molar-refractivity contribution in [2.45, 2.75) is 59.7 Å². The highest BCUT2D eigenvalue weighted by Gasteiger charge is 2.56. The van der Waals surface area contributed by atoms with E-state index >= 15 is 0 Å². The molecule has 3 fully saturated rings. The SMILES string of the molecule is CCOc1nn(CC(=O)NCc2ccncc2)c(=O)cc1N[C@@H]1CC2CC([C@H]1C)C2(C)C. The van der Waals surface area contributed by atoms with Crippen molar-refractivity contribution < 1.29 is 9.53 Å². The third-order valence-electron chi connectivity index (χ3n) is 7.47. The average molecular weight is 440 g/mol. The highest BCUT2D eigenvalue weighted by molar-refractivity contribution is 5.75. The van der Waals surface area contributed by atoms with E-state index in [0.717, 1.165) is 16.7 Å². The predicted molar refractivity (Wildman–Crippen MR) is 122 cm³/mol. The van der Waals surface area contributed by atoms with Gasteiger partial charge in [0, 0.05) is 31.0 Å². The Kier molecular flexibility index (Phi) is 6.22. The van der Waals surface area contributed by atoms with Gasteiger partial charge in [0.05, 0.1) is 6.61 Å². The smallest absolute Gasteiger partial charge is 0.269 e. The summed E-state index contributed by atoms with van der Waals surface area (Å²) in [6.45, 7) is 9.53. The number of hydrogen-bond donors (Lipinski definition) is 2. The molecule has 4 atom stereocenters. The summed E-state index contributed by atoms with van der Waals surface area (Å²) in [5.74, 6) is 1.97. The van der Waals surface area contributed by atoms with Crippen LogP contribution in [0.15, 0.2) is 35.4 Å². The molecule has 2 aromatic rings. The number of amides is 1. The third kappa shape index (κ3) is 4.36. The van der Waals surface area contributed by atoms with Crippen molar-refractivity contribution in [1.82, 2.24) is 20.1 Å². The molecular weight excluding hydrogens is 406 g/mol. The topological polar surface area (TPSA) is 98.1 Å². The number of hydrogen-bond acceptors (Lipinski definition) is 6. The maximum absolute atomic E-state index is 12.7. The highest BCUT2D eigenvalue weighted by Crippen LogP contribution is 2.61. The van der Waals surface area contributed by atoms with Crippen LogP contribution in [0.25, 0.3) is 0 Å². The zero-order valence-electron chi connectivity index (χ0n) is 19.3. The molecule has 2 unspecified atom stereocenters. The van der Waals surface area contributed by atoms with Crippen LogP contribution >= 0.6 is 0 Å². The van der Waals surface area contributed by atoms with Crippen molar-refractivity contribution in [2.24, 2.45) is 23.2 Å². The zero-order chi connectivity index (χ0) is 22.9. The normalized spacial score (nSPS) is 25.5. The molecule has 8 heteroatoms. The summed E-state index contributed by atoms with van der Waals surface area (Å²) in [7, 11) is 0. The van der Waals surface area contributed by atoms with Crippen LogP contribution in [-0.4, -0.2) is 33.3 Å². The van der Waals surface area contributed by atoms with Crippen LogP contribution in [-0.2, 0) is 17.9 Å². The maximum atomic E-state index is 12.7. The number of carbonyl (C=O) groups excluding carboxylic acids is 1. The molecule has 2 aromatic heterocycles. The summed E-state index contributed by atoms with van der Waals surface area (Å²) in [5, 5.41) is 10.7. The fourth-order valence-electron chi connectivity index (χ4n) is 5.37. The lowest BCUT2D eigenvalue weighted by Gasteiger charge is -2.62. The van der Waals surface area contributed by atoms with E-state index < -0.39 is 0 Å². The Balaban J connectivity index is 1.45. The van der Waals surface area contributed by atoms with Gasteiger partial charge in [0.25, 0.3) is 11.4 Å². The lowest BCUT2D eigenvalue weighted by molar-refractivity contribution is -0.122. The Hall–Kier alpha value is -2.90. The molecule has 1 amide bonds. The van der Waals surface area contributed by atoms with E-state index in [4.69, 9.17) is 4.74 Å². The minimum atomic E-state index is -0.330. The van der Waals surface area contributed by atoms with Crippen LogP contribution in [0.3, 0.4) is 0 Å². The molecule has 3 aliphatic carbocycles. The van der Waals surface area contributed by atoms with Gasteiger partial charge in [-0.25, -0.2) is 4.68 Å². The number of fused-ring (bicyclic) bond motifs is 2. The van der Waals surface area contributed by atoms with Crippen molar-refractivity contribution in [3.8, 4) is 5.88 Å². The summed E-state index contributed by atoms with van der Waals surface area (Å²) in [6.07, 6.45) is 5.71. The highest BCUT2D eigenvalue weighted by atomic mass is 16.5. The van der Waals surface area contributed by atoms with E-state index in [1.807, 2.05) is 19.1 Å². The first-order valence-corrected chi connectivity index (χ1v) is 11.5. The fraction of sp³-hybridized carbons (Fsp3) is 0.583. The molecule has 8 nitrogen and oxygen atoms in total. The summed E-state index contributed by atoms with van der Waals surface area (Å²) >= 11 is 0. The number of ether oxygens (including phenoxy) is 1. The molecule has 0 saturated heterocycles. The lowest BCUT2D eigenvalue weighted by Crippen LogP contribution is -2.58. The van der Waals surface area contributed by atoms with Gasteiger partial charge in [0.15, 0.2) is 0 Å². The molecule has 32 heavy (non-hydrogen) atoms. The summed E-state index contributed by atoms with van der Waals surface area (Å²) in [6, 6.07) is 5.45. The first kappa shape index (κ1) is 22.3. The van der Waals surface area contributed by atoms with Gasteiger partial charge in [-0.05, 0) is 60.6 Å². The summed E-state index contributed by atoms with van der Waals surface area (Å²) in [4.78, 5) is 29.1. The molecule has 2 bridgehead atoms. The average Bonchev–Trinajstić information content (AvgIpc) is 2.77. The van der Waals surface area contributed by atoms with Gasteiger partial charge in [0.1, 0.15) is 12.2 Å². The number of rotatable bonds is 8. The van der Waals surface area contributed by atoms with Crippen LogP contribution in [0, 0.1) is 23.2 Å². The molecule has 0 radical (unpaired) electrons. The largest absolute Gasteiger partial charge is 0.475 e. The van der Waals surface area contributed by atoms with Gasteiger partial charge in [-0.15, -0.1) is 5.10 Å². The van der Waals surface area contributed by atoms with Crippen LogP contribution < -0.4 is 20.9 Å². The quantitative estimate of drug-likeness (QED) is 0.656. The molecule has 2 heterocycles. The van der Waals surface area contributed by atoms with E-state index in [2.05, 4.69) is 41.5 Å². The first-order valence-electron chi connectivity index (χ1n) is 11.5. The molecule has 0 spiro atoms. The zero-order valence-corrected chi connectivity index (χ0v) is 19.3. The van der Waals surface area contributed by atoms with E-state index in [1.165, 1.54) is 12.5 Å². The van der Waals surface area contributed by atoms with Gasteiger partial charge in [-0.2, -0.15) is 0 Å². The second kappa shape index (κ2) is 8.92. The summed E-state index contributed by atoms with van der Waals surface area (Å²) < 4.78 is 6.88. The second-order valence-corrected chi connectivity index (χ2v) is 9.63. The molecule has 172 valence electrons. The number of nitrogens with one attached hydrogen (secondary N) is 2. The Labute approximate surface area is 188 Å². The predicted octanol–water partition coefficient (Wildman–Crippen LogP) is 2.84. The maximum Gasteiger partial charge on any atom is 0.269 e. The molecule has 0 aromatic carbocycles. The first-order chi connectivity index (χ1) is 15.3. The molecular formula is C24H33N5O3. The molecule has 0 aliphatic heterocycles. The standard InChI is InChI=1S/C24H33N5O3/c1-5-32-23-20(27-19-11-17-10-18(15(19)2)24(17,3)4)12-22(31)29(28-23)14-21(30)26-13-16-6-8-25-9-7-16/h6-9,12,15,17-19,27H,5,10-11,13-14H2,1-4H3,(H,26,30)/t15-,17?,18?,19-/m1/s1. The molecule has 3 aliphatic rings. The van der Waals surface area contributed by atoms with E-state index in [0.29, 0.717) is 47.9 Å². The van der Waals surface area contributed by atoms with E-state index in [9.17, 15) is 9.59 Å². The van der Waals surface area contributed by atoms with Gasteiger partial charge in [-0.1, -0.05) is 20.8 Å². The van der Waals surface area contributed by atoms with Crippen LogP contribution in [0.2, 0.25) is 0 Å². The fourth-order valence-corrected chi connectivity index (χ4v) is 5.37. The Morgan fingerprint density at radius 2 is 2.03 bits per heavy atom. The van der Waals surface area contributed by atoms with E-state index in [-0.39, 0.29) is 24.1 Å². The Morgan fingerprint density at radius 3 is 2.69 bits per heavy atom.